The standard InChI is InChI=1S/C68H82O18/c1-69-19-25-75-31-37-81-63-43-51(44-64(82-38-32-76-26-20-70-2)67(63)85-41-35-79-29-23-73-5)15-17-57-59-47-53-11-7-9-13-55(53)49-61(59)58(62-50-56-14-10-8-12-54(56)48-60(57)62)18-16-52-45-65(83-39-33-77-27-21-71-3)68(86-42-36-80-30-24-74-6)66(46-52)84-40-34-78-28-22-72-4/h7-14,43-50H,19-42H2,1-6H3. The molecular formula is C68H82O18. The zero-order chi connectivity index (χ0) is 60.2. The molecule has 0 bridgehead atoms. The van der Waals surface area contributed by atoms with E-state index in [0.717, 1.165) is 54.2 Å². The van der Waals surface area contributed by atoms with Crippen molar-refractivity contribution in [2.75, 3.05) is 201 Å². The summed E-state index contributed by atoms with van der Waals surface area (Å²) in [6, 6.07) is 32.9. The summed E-state index contributed by atoms with van der Waals surface area (Å²) in [5.41, 5.74) is 2.87. The molecule has 462 valence electrons. The molecule has 0 N–H and O–H groups in total. The molecule has 0 fully saturated rings. The monoisotopic (exact) mass is 1190 g/mol. The molecule has 0 saturated carbocycles. The van der Waals surface area contributed by atoms with Crippen molar-refractivity contribution < 1.29 is 85.3 Å². The maximum Gasteiger partial charge on any atom is 0.203 e. The number of benzene rings is 7. The van der Waals surface area contributed by atoms with E-state index < -0.39 is 0 Å². The maximum absolute atomic E-state index is 6.44. The number of fused-ring (bicyclic) bond motifs is 4. The topological polar surface area (TPSA) is 166 Å². The fourth-order valence-corrected chi connectivity index (χ4v) is 8.86. The Morgan fingerprint density at radius 3 is 0.698 bits per heavy atom. The van der Waals surface area contributed by atoms with Crippen molar-refractivity contribution >= 4 is 43.1 Å². The van der Waals surface area contributed by atoms with Crippen LogP contribution in [0.25, 0.3) is 43.1 Å². The third-order valence-electron chi connectivity index (χ3n) is 13.0. The molecule has 0 aromatic heterocycles. The van der Waals surface area contributed by atoms with Gasteiger partial charge in [-0.25, -0.2) is 0 Å². The number of rotatable bonds is 42. The molecule has 0 aliphatic rings. The van der Waals surface area contributed by atoms with Gasteiger partial charge < -0.3 is 85.3 Å². The molecule has 0 saturated heterocycles. The van der Waals surface area contributed by atoms with Gasteiger partial charge in [0.05, 0.1) is 119 Å². The van der Waals surface area contributed by atoms with Gasteiger partial charge in [0.25, 0.3) is 0 Å². The van der Waals surface area contributed by atoms with Crippen molar-refractivity contribution in [3.05, 3.63) is 119 Å². The summed E-state index contributed by atoms with van der Waals surface area (Å²) in [4.78, 5) is 0. The number of hydrogen-bond acceptors (Lipinski definition) is 18. The van der Waals surface area contributed by atoms with E-state index in [1.165, 1.54) is 0 Å². The zero-order valence-corrected chi connectivity index (χ0v) is 50.6. The summed E-state index contributed by atoms with van der Waals surface area (Å²) >= 11 is 0. The highest BCUT2D eigenvalue weighted by Crippen LogP contribution is 2.42. The Hall–Kier alpha value is -6.98. The average Bonchev–Trinajstić information content (AvgIpc) is 1.24. The van der Waals surface area contributed by atoms with Crippen molar-refractivity contribution in [2.24, 2.45) is 0 Å². The molecule has 7 aromatic carbocycles. The number of hydrogen-bond donors (Lipinski definition) is 0. The minimum Gasteiger partial charge on any atom is -0.487 e. The Kier molecular flexibility index (Phi) is 30.1. The predicted molar refractivity (Wildman–Crippen MR) is 330 cm³/mol. The number of methoxy groups -OCH3 is 6. The Labute approximate surface area is 505 Å². The highest BCUT2D eigenvalue weighted by Gasteiger charge is 2.20. The smallest absolute Gasteiger partial charge is 0.203 e. The van der Waals surface area contributed by atoms with E-state index in [9.17, 15) is 0 Å². The van der Waals surface area contributed by atoms with Crippen molar-refractivity contribution in [1.29, 1.82) is 0 Å². The molecule has 0 radical (unpaired) electrons. The van der Waals surface area contributed by atoms with Gasteiger partial charge in [-0.3, -0.25) is 0 Å². The first-order valence-electron chi connectivity index (χ1n) is 28.9. The normalized spacial score (nSPS) is 11.2. The third-order valence-corrected chi connectivity index (χ3v) is 13.0. The fraction of sp³-hybridized carbons (Fsp3) is 0.441. The van der Waals surface area contributed by atoms with Crippen LogP contribution in [0.5, 0.6) is 34.5 Å². The van der Waals surface area contributed by atoms with Gasteiger partial charge in [0, 0.05) is 64.9 Å². The second kappa shape index (κ2) is 38.9. The molecule has 18 heteroatoms. The van der Waals surface area contributed by atoms with E-state index in [1.54, 1.807) is 42.7 Å². The van der Waals surface area contributed by atoms with Crippen LogP contribution >= 0.6 is 0 Å². The molecule has 18 nitrogen and oxygen atoms in total. The predicted octanol–water partition coefficient (Wildman–Crippen LogP) is 9.35. The summed E-state index contributed by atoms with van der Waals surface area (Å²) in [6.45, 7) is 8.45. The molecule has 86 heavy (non-hydrogen) atoms. The van der Waals surface area contributed by atoms with Gasteiger partial charge in [-0.2, -0.15) is 0 Å². The van der Waals surface area contributed by atoms with Gasteiger partial charge >= 0.3 is 0 Å². The highest BCUT2D eigenvalue weighted by molar-refractivity contribution is 6.16. The van der Waals surface area contributed by atoms with E-state index in [4.69, 9.17) is 85.3 Å². The van der Waals surface area contributed by atoms with Gasteiger partial charge in [-0.15, -0.1) is 0 Å². The summed E-state index contributed by atoms with van der Waals surface area (Å²) in [5, 5.41) is 7.83. The second-order valence-corrected chi connectivity index (χ2v) is 19.1. The van der Waals surface area contributed by atoms with Crippen molar-refractivity contribution in [3.63, 3.8) is 0 Å². The molecule has 0 atom stereocenters. The van der Waals surface area contributed by atoms with Crippen LogP contribution in [-0.4, -0.2) is 201 Å². The van der Waals surface area contributed by atoms with Crippen LogP contribution < -0.4 is 28.4 Å². The molecule has 0 spiro atoms. The molecule has 0 aliphatic heterocycles. The molecular weight excluding hydrogens is 1100 g/mol. The highest BCUT2D eigenvalue weighted by atomic mass is 16.6. The lowest BCUT2D eigenvalue weighted by Crippen LogP contribution is -2.14. The molecule has 0 heterocycles. The zero-order valence-electron chi connectivity index (χ0n) is 50.6. The molecule has 7 aromatic rings. The van der Waals surface area contributed by atoms with Gasteiger partial charge in [0.1, 0.15) is 39.6 Å². The fourth-order valence-electron chi connectivity index (χ4n) is 8.86. The lowest BCUT2D eigenvalue weighted by Gasteiger charge is -2.18. The van der Waals surface area contributed by atoms with E-state index in [-0.39, 0.29) is 39.6 Å². The Morgan fingerprint density at radius 1 is 0.244 bits per heavy atom. The van der Waals surface area contributed by atoms with Crippen molar-refractivity contribution in [1.82, 2.24) is 0 Å². The first-order valence-corrected chi connectivity index (χ1v) is 28.9. The SMILES string of the molecule is COCCOCCOc1cc(C#Cc2c3cc4ccccc4cc3c(C#Cc3cc(OCCOCCOC)c(OCCOCCOC)c(OCCOCCOC)c3)c3cc4ccccc4cc23)cc(OCCOCCOC)c1OCCOCCOC. The van der Waals surface area contributed by atoms with Crippen molar-refractivity contribution in [2.45, 2.75) is 0 Å². The van der Waals surface area contributed by atoms with Crippen LogP contribution in [0, 0.1) is 23.7 Å². The first-order chi connectivity index (χ1) is 42.5. The summed E-state index contributed by atoms with van der Waals surface area (Å²) < 4.78 is 104. The molecule has 7 rings (SSSR count). The van der Waals surface area contributed by atoms with Crippen LogP contribution in [0.3, 0.4) is 0 Å². The van der Waals surface area contributed by atoms with Crippen LogP contribution in [-0.2, 0) is 56.8 Å². The van der Waals surface area contributed by atoms with E-state index in [1.807, 2.05) is 48.5 Å². The van der Waals surface area contributed by atoms with Crippen LogP contribution in [0.2, 0.25) is 0 Å². The van der Waals surface area contributed by atoms with Gasteiger partial charge in [0.2, 0.25) is 11.5 Å². The Balaban J connectivity index is 1.38. The number of ether oxygens (including phenoxy) is 18. The minimum atomic E-state index is 0.219. The first kappa shape index (κ1) is 66.5. The quantitative estimate of drug-likeness (QED) is 0.0202. The summed E-state index contributed by atoms with van der Waals surface area (Å²) in [5.74, 6) is 16.9. The maximum atomic E-state index is 6.44. The molecule has 0 unspecified atom stereocenters. The Morgan fingerprint density at radius 2 is 0.465 bits per heavy atom. The molecule has 0 amide bonds. The Bertz CT molecular complexity index is 2880. The van der Waals surface area contributed by atoms with Crippen LogP contribution in [0.15, 0.2) is 97.1 Å². The largest absolute Gasteiger partial charge is 0.487 e. The van der Waals surface area contributed by atoms with Crippen molar-refractivity contribution in [3.8, 4) is 58.2 Å². The van der Waals surface area contributed by atoms with E-state index >= 15 is 0 Å². The van der Waals surface area contributed by atoms with E-state index in [2.05, 4.69) is 72.2 Å². The molecule has 0 aliphatic carbocycles. The van der Waals surface area contributed by atoms with Gasteiger partial charge in [-0.05, 0) is 91.6 Å². The summed E-state index contributed by atoms with van der Waals surface area (Å²) in [7, 11) is 9.80. The lowest BCUT2D eigenvalue weighted by molar-refractivity contribution is 0.0468. The van der Waals surface area contributed by atoms with Crippen LogP contribution in [0.1, 0.15) is 22.3 Å². The van der Waals surface area contributed by atoms with Gasteiger partial charge in [-0.1, -0.05) is 72.2 Å². The average molecular weight is 1190 g/mol. The second-order valence-electron chi connectivity index (χ2n) is 19.1. The van der Waals surface area contributed by atoms with E-state index in [0.29, 0.717) is 165 Å². The van der Waals surface area contributed by atoms with Crippen LogP contribution in [0.4, 0.5) is 0 Å². The lowest BCUT2D eigenvalue weighted by atomic mass is 9.88. The summed E-state index contributed by atoms with van der Waals surface area (Å²) in [6.07, 6.45) is 0. The van der Waals surface area contributed by atoms with Gasteiger partial charge in [0.15, 0.2) is 23.0 Å². The third kappa shape index (κ3) is 21.2. The minimum absolute atomic E-state index is 0.219.